The van der Waals surface area contributed by atoms with Gasteiger partial charge in [-0.1, -0.05) is 17.4 Å². The van der Waals surface area contributed by atoms with Gasteiger partial charge in [-0.15, -0.1) is 0 Å². The van der Waals surface area contributed by atoms with E-state index in [2.05, 4.69) is 4.98 Å². The summed E-state index contributed by atoms with van der Waals surface area (Å²) in [6.07, 6.45) is 0. The van der Waals surface area contributed by atoms with Gasteiger partial charge >= 0.3 is 0 Å². The van der Waals surface area contributed by atoms with Gasteiger partial charge in [0.1, 0.15) is 13.2 Å². The minimum atomic E-state index is -0.391. The van der Waals surface area contributed by atoms with Crippen LogP contribution in [0.1, 0.15) is 5.56 Å². The Kier molecular flexibility index (Phi) is 3.89. The van der Waals surface area contributed by atoms with E-state index < -0.39 is 4.92 Å². The predicted molar refractivity (Wildman–Crippen MR) is 95.8 cm³/mol. The Morgan fingerprint density at radius 3 is 2.80 bits per heavy atom. The average molecular weight is 357 g/mol. The van der Waals surface area contributed by atoms with E-state index in [9.17, 15) is 10.1 Å². The first kappa shape index (κ1) is 15.6. The molecule has 2 aromatic carbocycles. The van der Waals surface area contributed by atoms with Gasteiger partial charge in [-0.25, -0.2) is 4.98 Å². The van der Waals surface area contributed by atoms with E-state index in [-0.39, 0.29) is 5.69 Å². The fourth-order valence-corrected chi connectivity index (χ4v) is 3.66. The summed E-state index contributed by atoms with van der Waals surface area (Å²) < 4.78 is 12.0. The summed E-state index contributed by atoms with van der Waals surface area (Å²) in [6, 6.07) is 10.6. The number of ether oxygens (including phenoxy) is 2. The van der Waals surface area contributed by atoms with Crippen molar-refractivity contribution in [2.45, 2.75) is 6.54 Å². The molecule has 8 heteroatoms. The van der Waals surface area contributed by atoms with Gasteiger partial charge < -0.3 is 14.4 Å². The first-order valence-electron chi connectivity index (χ1n) is 7.75. The second-order valence-electron chi connectivity index (χ2n) is 5.74. The third-order valence-corrected chi connectivity index (χ3v) is 5.06. The monoisotopic (exact) mass is 357 g/mol. The molecular formula is C17H15N3O4S. The van der Waals surface area contributed by atoms with Crippen LogP contribution in [0, 0.1) is 10.1 Å². The van der Waals surface area contributed by atoms with Crippen molar-refractivity contribution in [2.24, 2.45) is 0 Å². The first-order valence-corrected chi connectivity index (χ1v) is 8.56. The zero-order valence-electron chi connectivity index (χ0n) is 13.5. The van der Waals surface area contributed by atoms with E-state index >= 15 is 0 Å². The molecule has 128 valence electrons. The van der Waals surface area contributed by atoms with Crippen LogP contribution >= 0.6 is 11.3 Å². The van der Waals surface area contributed by atoms with Crippen molar-refractivity contribution in [3.63, 3.8) is 0 Å². The summed E-state index contributed by atoms with van der Waals surface area (Å²) in [4.78, 5) is 17.1. The number of hydrogen-bond donors (Lipinski definition) is 0. The quantitative estimate of drug-likeness (QED) is 0.524. The van der Waals surface area contributed by atoms with Crippen molar-refractivity contribution in [1.29, 1.82) is 0 Å². The number of nitrogens with zero attached hydrogens (tertiary/aromatic N) is 3. The zero-order valence-corrected chi connectivity index (χ0v) is 14.3. The van der Waals surface area contributed by atoms with Crippen LogP contribution in [0.2, 0.25) is 0 Å². The normalized spacial score (nSPS) is 13.0. The second kappa shape index (κ2) is 6.21. The molecule has 4 rings (SSSR count). The molecule has 0 amide bonds. The smallest absolute Gasteiger partial charge is 0.270 e. The molecule has 0 atom stereocenters. The maximum atomic E-state index is 10.9. The summed E-state index contributed by atoms with van der Waals surface area (Å²) in [7, 11) is 1.95. The molecule has 25 heavy (non-hydrogen) atoms. The number of nitro benzene ring substituents is 1. The summed E-state index contributed by atoms with van der Waals surface area (Å²) in [5.41, 5.74) is 1.92. The highest BCUT2D eigenvalue weighted by atomic mass is 32.1. The van der Waals surface area contributed by atoms with E-state index in [1.54, 1.807) is 12.1 Å². The Labute approximate surface area is 147 Å². The molecule has 0 saturated heterocycles. The van der Waals surface area contributed by atoms with Gasteiger partial charge in [0.15, 0.2) is 16.6 Å². The predicted octanol–water partition coefficient (Wildman–Crippen LogP) is 3.61. The molecule has 0 fully saturated rings. The molecule has 0 saturated carbocycles. The Balaban J connectivity index is 1.57. The Bertz CT molecular complexity index is 956. The maximum absolute atomic E-state index is 10.9. The van der Waals surface area contributed by atoms with Crippen LogP contribution in [0.3, 0.4) is 0 Å². The number of fused-ring (bicyclic) bond motifs is 2. The summed E-state index contributed by atoms with van der Waals surface area (Å²) >= 11 is 1.44. The number of non-ortho nitro benzene ring substituents is 1. The highest BCUT2D eigenvalue weighted by Gasteiger charge is 2.15. The summed E-state index contributed by atoms with van der Waals surface area (Å²) in [6.45, 7) is 1.78. The fourth-order valence-electron chi connectivity index (χ4n) is 2.71. The molecule has 1 aliphatic heterocycles. The summed E-state index contributed by atoms with van der Waals surface area (Å²) in [5.74, 6) is 1.53. The van der Waals surface area contributed by atoms with Crippen molar-refractivity contribution < 1.29 is 14.4 Å². The van der Waals surface area contributed by atoms with Crippen molar-refractivity contribution in [1.82, 2.24) is 4.98 Å². The number of thiazole rings is 1. The lowest BCUT2D eigenvalue weighted by Crippen LogP contribution is -2.18. The lowest BCUT2D eigenvalue weighted by molar-refractivity contribution is -0.384. The van der Waals surface area contributed by atoms with Crippen LogP contribution in [0.15, 0.2) is 36.4 Å². The fraction of sp³-hybridized carbons (Fsp3) is 0.235. The van der Waals surface area contributed by atoms with E-state index in [4.69, 9.17) is 9.47 Å². The number of hydrogen-bond acceptors (Lipinski definition) is 7. The van der Waals surface area contributed by atoms with E-state index in [0.717, 1.165) is 32.4 Å². The maximum Gasteiger partial charge on any atom is 0.270 e. The molecule has 1 aromatic heterocycles. The lowest BCUT2D eigenvalue weighted by atomic mass is 10.2. The van der Waals surface area contributed by atoms with Gasteiger partial charge in [-0.05, 0) is 23.8 Å². The average Bonchev–Trinajstić information content (AvgIpc) is 3.05. The van der Waals surface area contributed by atoms with Gasteiger partial charge in [-0.3, -0.25) is 10.1 Å². The highest BCUT2D eigenvalue weighted by molar-refractivity contribution is 7.22. The molecule has 7 nitrogen and oxygen atoms in total. The minimum Gasteiger partial charge on any atom is -0.486 e. The molecule has 2 heterocycles. The molecule has 0 unspecified atom stereocenters. The molecule has 0 radical (unpaired) electrons. The number of nitro groups is 1. The molecular weight excluding hydrogens is 342 g/mol. The van der Waals surface area contributed by atoms with Crippen molar-refractivity contribution in [3.05, 3.63) is 52.1 Å². The summed E-state index contributed by atoms with van der Waals surface area (Å²) in [5, 5.41) is 11.7. The van der Waals surface area contributed by atoms with Crippen molar-refractivity contribution in [3.8, 4) is 11.5 Å². The highest BCUT2D eigenvalue weighted by Crippen LogP contribution is 2.33. The molecule has 0 spiro atoms. The van der Waals surface area contributed by atoms with Crippen LogP contribution in [0.25, 0.3) is 10.2 Å². The van der Waals surface area contributed by atoms with Crippen molar-refractivity contribution in [2.75, 3.05) is 25.2 Å². The topological polar surface area (TPSA) is 77.7 Å². The number of aromatic nitrogens is 1. The van der Waals surface area contributed by atoms with Gasteiger partial charge in [0, 0.05) is 25.7 Å². The SMILES string of the molecule is CN(Cc1ccc2c(c1)OCCO2)c1nc2ccc([N+](=O)[O-])cc2s1. The molecule has 1 aliphatic rings. The van der Waals surface area contributed by atoms with Crippen LogP contribution in [-0.4, -0.2) is 30.2 Å². The van der Waals surface area contributed by atoms with Gasteiger partial charge in [0.25, 0.3) is 5.69 Å². The van der Waals surface area contributed by atoms with E-state index in [0.29, 0.717) is 19.8 Å². The Hall–Kier alpha value is -2.87. The number of benzene rings is 2. The third kappa shape index (κ3) is 3.08. The number of rotatable bonds is 4. The molecule has 0 N–H and O–H groups in total. The van der Waals surface area contributed by atoms with E-state index in [1.165, 1.54) is 17.4 Å². The third-order valence-electron chi connectivity index (χ3n) is 3.92. The Morgan fingerprint density at radius 1 is 1.20 bits per heavy atom. The largest absolute Gasteiger partial charge is 0.486 e. The van der Waals surface area contributed by atoms with Gasteiger partial charge in [0.2, 0.25) is 0 Å². The van der Waals surface area contributed by atoms with Crippen LogP contribution in [0.4, 0.5) is 10.8 Å². The standard InChI is InChI=1S/C17H15N3O4S/c1-19(10-11-2-5-14-15(8-11)24-7-6-23-14)17-18-13-4-3-12(20(21)22)9-16(13)25-17/h2-5,8-9H,6-7,10H2,1H3. The van der Waals surface area contributed by atoms with Crippen molar-refractivity contribution >= 4 is 32.4 Å². The van der Waals surface area contributed by atoms with Crippen LogP contribution in [-0.2, 0) is 6.54 Å². The van der Waals surface area contributed by atoms with Crippen LogP contribution < -0.4 is 14.4 Å². The van der Waals surface area contributed by atoms with Gasteiger partial charge in [-0.2, -0.15) is 0 Å². The number of anilines is 1. The Morgan fingerprint density at radius 2 is 2.00 bits per heavy atom. The second-order valence-corrected chi connectivity index (χ2v) is 6.75. The van der Waals surface area contributed by atoms with E-state index in [1.807, 2.05) is 30.1 Å². The molecule has 0 bridgehead atoms. The molecule has 0 aliphatic carbocycles. The first-order chi connectivity index (χ1) is 12.1. The lowest BCUT2D eigenvalue weighted by Gasteiger charge is -2.20. The van der Waals surface area contributed by atoms with Gasteiger partial charge in [0.05, 0.1) is 15.1 Å². The minimum absolute atomic E-state index is 0.0807. The van der Waals surface area contributed by atoms with Crippen LogP contribution in [0.5, 0.6) is 11.5 Å². The zero-order chi connectivity index (χ0) is 17.4. The molecule has 3 aromatic rings.